The van der Waals surface area contributed by atoms with Crippen molar-refractivity contribution in [3.05, 3.63) is 0 Å². The molecule has 0 aromatic heterocycles. The molecular formula is C12H28N2O. The third-order valence-corrected chi connectivity index (χ3v) is 2.26. The number of carbonyl (C=O) groups excluding carboxylic acids is 1. The fourth-order valence-electron chi connectivity index (χ4n) is 1.38. The van der Waals surface area contributed by atoms with Crippen LogP contribution in [0.4, 0.5) is 0 Å². The lowest BCUT2D eigenvalue weighted by Gasteiger charge is -2.33. The van der Waals surface area contributed by atoms with Crippen molar-refractivity contribution in [1.29, 1.82) is 0 Å². The molecule has 0 radical (unpaired) electrons. The van der Waals surface area contributed by atoms with E-state index in [2.05, 4.69) is 11.8 Å². The van der Waals surface area contributed by atoms with Crippen molar-refractivity contribution < 1.29 is 4.79 Å². The van der Waals surface area contributed by atoms with Crippen LogP contribution in [0.1, 0.15) is 41.5 Å². The van der Waals surface area contributed by atoms with Crippen LogP contribution in [0.2, 0.25) is 0 Å². The van der Waals surface area contributed by atoms with Crippen LogP contribution in [0.5, 0.6) is 0 Å². The molecule has 15 heavy (non-hydrogen) atoms. The largest absolute Gasteiger partial charge is 0.340 e. The fourth-order valence-corrected chi connectivity index (χ4v) is 1.38. The van der Waals surface area contributed by atoms with Crippen LogP contribution in [0.15, 0.2) is 0 Å². The minimum absolute atomic E-state index is 0.209. The summed E-state index contributed by atoms with van der Waals surface area (Å²) in [5, 5.41) is 0. The Morgan fingerprint density at radius 2 is 1.40 bits per heavy atom. The van der Waals surface area contributed by atoms with Gasteiger partial charge in [-0.1, -0.05) is 34.6 Å². The first-order valence-electron chi connectivity index (χ1n) is 6.22. The van der Waals surface area contributed by atoms with Crippen LogP contribution >= 0.6 is 0 Å². The number of amides is 1. The van der Waals surface area contributed by atoms with E-state index in [0.717, 1.165) is 32.7 Å². The molecule has 1 aliphatic rings. The normalized spacial score (nSPS) is 15.7. The summed E-state index contributed by atoms with van der Waals surface area (Å²) in [6.07, 6.45) is 0. The average Bonchev–Trinajstić information content (AvgIpc) is 2.34. The molecule has 1 rings (SSSR count). The molecule has 3 heteroatoms. The molecule has 3 nitrogen and oxygen atoms in total. The van der Waals surface area contributed by atoms with Gasteiger partial charge >= 0.3 is 0 Å². The highest BCUT2D eigenvalue weighted by Gasteiger charge is 2.16. The zero-order valence-electron chi connectivity index (χ0n) is 11.3. The van der Waals surface area contributed by atoms with Crippen molar-refractivity contribution in [2.75, 3.05) is 32.7 Å². The van der Waals surface area contributed by atoms with Crippen molar-refractivity contribution in [1.82, 2.24) is 9.80 Å². The molecule has 1 aliphatic heterocycles. The number of likely N-dealkylation sites (N-methyl/N-ethyl adjacent to an activating group) is 1. The summed E-state index contributed by atoms with van der Waals surface area (Å²) in [5.74, 6) is 0.209. The summed E-state index contributed by atoms with van der Waals surface area (Å²) in [7, 11) is 0. The third kappa shape index (κ3) is 7.37. The molecule has 0 N–H and O–H groups in total. The molecular weight excluding hydrogens is 188 g/mol. The van der Waals surface area contributed by atoms with E-state index in [1.54, 1.807) is 6.92 Å². The third-order valence-electron chi connectivity index (χ3n) is 2.26. The van der Waals surface area contributed by atoms with Gasteiger partial charge in [0.15, 0.2) is 0 Å². The Labute approximate surface area is 95.4 Å². The highest BCUT2D eigenvalue weighted by atomic mass is 16.2. The van der Waals surface area contributed by atoms with Crippen molar-refractivity contribution in [3.8, 4) is 0 Å². The maximum absolute atomic E-state index is 10.9. The summed E-state index contributed by atoms with van der Waals surface area (Å²) in [6, 6.07) is 0. The van der Waals surface area contributed by atoms with E-state index >= 15 is 0 Å². The molecule has 0 spiro atoms. The second-order valence-corrected chi connectivity index (χ2v) is 2.94. The van der Waals surface area contributed by atoms with E-state index in [1.807, 2.05) is 32.6 Å². The number of nitrogens with zero attached hydrogens (tertiary/aromatic N) is 2. The van der Waals surface area contributed by atoms with Gasteiger partial charge in [0.2, 0.25) is 5.91 Å². The van der Waals surface area contributed by atoms with Gasteiger partial charge in [0, 0.05) is 33.1 Å². The Kier molecular flexibility index (Phi) is 12.9. The molecule has 0 saturated carbocycles. The summed E-state index contributed by atoms with van der Waals surface area (Å²) >= 11 is 0. The van der Waals surface area contributed by atoms with Gasteiger partial charge in [-0.05, 0) is 6.54 Å². The van der Waals surface area contributed by atoms with E-state index < -0.39 is 0 Å². The first-order valence-corrected chi connectivity index (χ1v) is 6.22. The number of piperazine rings is 1. The second kappa shape index (κ2) is 11.5. The number of hydrogen-bond acceptors (Lipinski definition) is 2. The molecule has 0 atom stereocenters. The van der Waals surface area contributed by atoms with Crippen molar-refractivity contribution >= 4 is 5.91 Å². The summed E-state index contributed by atoms with van der Waals surface area (Å²) < 4.78 is 0. The predicted octanol–water partition coefficient (Wildman–Crippen LogP) is 2.22. The molecule has 1 saturated heterocycles. The quantitative estimate of drug-likeness (QED) is 0.671. The lowest BCUT2D eigenvalue weighted by molar-refractivity contribution is -0.130. The maximum Gasteiger partial charge on any atom is 0.219 e. The predicted molar refractivity (Wildman–Crippen MR) is 67.1 cm³/mol. The number of rotatable bonds is 1. The van der Waals surface area contributed by atoms with E-state index in [9.17, 15) is 4.79 Å². The van der Waals surface area contributed by atoms with E-state index in [0.29, 0.717) is 0 Å². The molecule has 0 bridgehead atoms. The van der Waals surface area contributed by atoms with Crippen LogP contribution in [0.25, 0.3) is 0 Å². The van der Waals surface area contributed by atoms with Gasteiger partial charge in [0.1, 0.15) is 0 Å². The maximum atomic E-state index is 10.9. The number of carbonyl (C=O) groups is 1. The molecule has 1 amide bonds. The lowest BCUT2D eigenvalue weighted by Crippen LogP contribution is -2.47. The minimum Gasteiger partial charge on any atom is -0.340 e. The van der Waals surface area contributed by atoms with Crippen molar-refractivity contribution in [2.45, 2.75) is 41.5 Å². The molecule has 92 valence electrons. The fraction of sp³-hybridized carbons (Fsp3) is 0.917. The summed E-state index contributed by atoms with van der Waals surface area (Å²) in [4.78, 5) is 15.2. The summed E-state index contributed by atoms with van der Waals surface area (Å²) in [5.41, 5.74) is 0. The first kappa shape index (κ1) is 16.8. The van der Waals surface area contributed by atoms with Crippen LogP contribution < -0.4 is 0 Å². The lowest BCUT2D eigenvalue weighted by atomic mass is 10.3. The van der Waals surface area contributed by atoms with Gasteiger partial charge in [0.25, 0.3) is 0 Å². The molecule has 0 aromatic carbocycles. The molecule has 0 aromatic rings. The Bertz CT molecular complexity index is 141. The smallest absolute Gasteiger partial charge is 0.219 e. The zero-order chi connectivity index (χ0) is 12.3. The van der Waals surface area contributed by atoms with Gasteiger partial charge in [-0.2, -0.15) is 0 Å². The Balaban J connectivity index is 0. The van der Waals surface area contributed by atoms with Gasteiger partial charge in [-0.3, -0.25) is 4.79 Å². The Morgan fingerprint density at radius 1 is 1.00 bits per heavy atom. The van der Waals surface area contributed by atoms with Crippen LogP contribution in [-0.4, -0.2) is 48.4 Å². The molecule has 0 unspecified atom stereocenters. The van der Waals surface area contributed by atoms with Crippen molar-refractivity contribution in [3.63, 3.8) is 0 Å². The second-order valence-electron chi connectivity index (χ2n) is 2.94. The van der Waals surface area contributed by atoms with E-state index in [-0.39, 0.29) is 5.91 Å². The van der Waals surface area contributed by atoms with E-state index in [1.165, 1.54) is 0 Å². The monoisotopic (exact) mass is 216 g/mol. The highest BCUT2D eigenvalue weighted by molar-refractivity contribution is 5.73. The van der Waals surface area contributed by atoms with Crippen LogP contribution in [-0.2, 0) is 4.79 Å². The first-order chi connectivity index (χ1) is 7.24. The summed E-state index contributed by atoms with van der Waals surface area (Å²) in [6.45, 7) is 16.8. The zero-order valence-corrected chi connectivity index (χ0v) is 11.3. The van der Waals surface area contributed by atoms with Crippen LogP contribution in [0, 0.1) is 0 Å². The number of hydrogen-bond donors (Lipinski definition) is 0. The Hall–Kier alpha value is -0.570. The SMILES string of the molecule is CC.CC.CCN1CCN(C(C)=O)CC1. The van der Waals surface area contributed by atoms with Gasteiger partial charge in [-0.25, -0.2) is 0 Å². The highest BCUT2D eigenvalue weighted by Crippen LogP contribution is 2.00. The van der Waals surface area contributed by atoms with Gasteiger partial charge in [0.05, 0.1) is 0 Å². The molecule has 1 heterocycles. The average molecular weight is 216 g/mol. The van der Waals surface area contributed by atoms with Crippen LogP contribution in [0.3, 0.4) is 0 Å². The Morgan fingerprint density at radius 3 is 1.67 bits per heavy atom. The van der Waals surface area contributed by atoms with Crippen molar-refractivity contribution in [2.24, 2.45) is 0 Å². The van der Waals surface area contributed by atoms with Gasteiger partial charge < -0.3 is 9.80 Å². The minimum atomic E-state index is 0.209. The standard InChI is InChI=1S/C8H16N2O.2C2H6/c1-3-9-4-6-10(7-5-9)8(2)11;2*1-2/h3-7H2,1-2H3;2*1-2H3. The van der Waals surface area contributed by atoms with Gasteiger partial charge in [-0.15, -0.1) is 0 Å². The molecule has 1 fully saturated rings. The topological polar surface area (TPSA) is 23.6 Å². The van der Waals surface area contributed by atoms with E-state index in [4.69, 9.17) is 0 Å². The molecule has 0 aliphatic carbocycles.